The molecule has 4 heteroatoms. The van der Waals surface area contributed by atoms with Crippen molar-refractivity contribution in [1.82, 2.24) is 5.32 Å². The number of rotatable bonds is 9. The van der Waals surface area contributed by atoms with Crippen LogP contribution in [0.2, 0.25) is 0 Å². The minimum atomic E-state index is -0.409. The summed E-state index contributed by atoms with van der Waals surface area (Å²) in [6.45, 7) is 3.02. The first kappa shape index (κ1) is 14.1. The third-order valence-electron chi connectivity index (χ3n) is 2.08. The summed E-state index contributed by atoms with van der Waals surface area (Å²) in [5, 5.41) is 11.6. The average molecular weight is 214 g/mol. The number of primary amides is 1. The van der Waals surface area contributed by atoms with Gasteiger partial charge in [-0.25, -0.2) is 0 Å². The maximum absolute atomic E-state index is 11.0. The molecule has 0 aliphatic carbocycles. The van der Waals surface area contributed by atoms with Gasteiger partial charge in [0, 0.05) is 6.61 Å². The molecule has 0 saturated heterocycles. The van der Waals surface area contributed by atoms with Crippen LogP contribution in [0.25, 0.3) is 0 Å². The number of amides is 1. The average Bonchev–Trinajstić information content (AvgIpc) is 2.21. The highest BCUT2D eigenvalue weighted by Gasteiger charge is 2.09. The second-order valence-electron chi connectivity index (χ2n) is 3.48. The lowest BCUT2D eigenvalue weighted by Gasteiger charge is -2.10. The molecule has 1 amide bonds. The molecule has 1 unspecified atom stereocenters. The Morgan fingerprint density at radius 1 is 1.53 bits per heavy atom. The van der Waals surface area contributed by atoms with Gasteiger partial charge in [-0.1, -0.05) is 31.9 Å². The summed E-state index contributed by atoms with van der Waals surface area (Å²) in [5.41, 5.74) is 5.22. The normalized spacial score (nSPS) is 13.2. The molecule has 4 nitrogen and oxygen atoms in total. The summed E-state index contributed by atoms with van der Waals surface area (Å²) in [7, 11) is 0. The number of hydrogen-bond acceptors (Lipinski definition) is 3. The summed E-state index contributed by atoms with van der Waals surface area (Å²) in [5.74, 6) is -0.374. The monoisotopic (exact) mass is 214 g/mol. The summed E-state index contributed by atoms with van der Waals surface area (Å²) < 4.78 is 0. The van der Waals surface area contributed by atoms with Gasteiger partial charge in [-0.2, -0.15) is 0 Å². The Bertz CT molecular complexity index is 193. The molecule has 0 saturated carbocycles. The van der Waals surface area contributed by atoms with Crippen molar-refractivity contribution in [3.8, 4) is 0 Å². The first-order valence-corrected chi connectivity index (χ1v) is 5.52. The molecule has 0 rings (SSSR count). The minimum Gasteiger partial charge on any atom is -0.396 e. The van der Waals surface area contributed by atoms with Gasteiger partial charge >= 0.3 is 0 Å². The lowest BCUT2D eigenvalue weighted by Crippen LogP contribution is -2.40. The second kappa shape index (κ2) is 9.68. The Labute approximate surface area is 91.5 Å². The van der Waals surface area contributed by atoms with Crippen LogP contribution in [-0.2, 0) is 4.79 Å². The largest absolute Gasteiger partial charge is 0.396 e. The number of unbranched alkanes of at least 4 members (excludes halogenated alkanes) is 2. The van der Waals surface area contributed by atoms with Gasteiger partial charge in [0.1, 0.15) is 6.04 Å². The molecule has 1 atom stereocenters. The van der Waals surface area contributed by atoms with Crippen LogP contribution in [0, 0.1) is 0 Å². The van der Waals surface area contributed by atoms with E-state index in [9.17, 15) is 4.79 Å². The zero-order valence-electron chi connectivity index (χ0n) is 9.41. The molecular weight excluding hydrogens is 192 g/mol. The number of carbonyl (C=O) groups is 1. The van der Waals surface area contributed by atoms with Crippen LogP contribution in [-0.4, -0.2) is 30.2 Å². The Balaban J connectivity index is 3.78. The molecule has 0 heterocycles. The van der Waals surface area contributed by atoms with E-state index in [1.807, 2.05) is 0 Å². The van der Waals surface area contributed by atoms with E-state index in [-0.39, 0.29) is 12.5 Å². The van der Waals surface area contributed by atoms with Crippen molar-refractivity contribution in [2.24, 2.45) is 5.73 Å². The van der Waals surface area contributed by atoms with E-state index in [0.29, 0.717) is 6.42 Å². The fraction of sp³-hybridized carbons (Fsp3) is 0.727. The van der Waals surface area contributed by atoms with E-state index in [1.165, 1.54) is 0 Å². The third-order valence-corrected chi connectivity index (χ3v) is 2.08. The molecule has 0 spiro atoms. The van der Waals surface area contributed by atoms with Crippen molar-refractivity contribution in [1.29, 1.82) is 0 Å². The van der Waals surface area contributed by atoms with Crippen molar-refractivity contribution in [3.63, 3.8) is 0 Å². The van der Waals surface area contributed by atoms with E-state index < -0.39 is 6.04 Å². The molecule has 0 aliphatic rings. The number of aliphatic hydroxyl groups is 1. The standard InChI is InChI=1S/C11H22N2O2/c1-2-3-5-8-13-10(11(12)15)7-4-6-9-14/h4,7,10,13-14H,2-3,5-6,8-9H2,1H3,(H2,12,15)/b7-4-. The van der Waals surface area contributed by atoms with Crippen LogP contribution >= 0.6 is 0 Å². The maximum Gasteiger partial charge on any atom is 0.238 e. The summed E-state index contributed by atoms with van der Waals surface area (Å²) >= 11 is 0. The van der Waals surface area contributed by atoms with Gasteiger partial charge in [-0.15, -0.1) is 0 Å². The Hall–Kier alpha value is -0.870. The van der Waals surface area contributed by atoms with Gasteiger partial charge in [0.05, 0.1) is 0 Å². The first-order valence-electron chi connectivity index (χ1n) is 5.52. The summed E-state index contributed by atoms with van der Waals surface area (Å²) in [6, 6.07) is -0.409. The number of carbonyl (C=O) groups excluding carboxylic acids is 1. The molecule has 0 aromatic carbocycles. The van der Waals surface area contributed by atoms with Gasteiger partial charge in [0.2, 0.25) is 5.91 Å². The molecule has 0 bridgehead atoms. The van der Waals surface area contributed by atoms with Crippen molar-refractivity contribution >= 4 is 5.91 Å². The zero-order valence-corrected chi connectivity index (χ0v) is 9.41. The van der Waals surface area contributed by atoms with Gasteiger partial charge in [-0.05, 0) is 19.4 Å². The minimum absolute atomic E-state index is 0.0951. The molecule has 0 fully saturated rings. The molecule has 0 aromatic heterocycles. The third kappa shape index (κ3) is 8.15. The van der Waals surface area contributed by atoms with Gasteiger partial charge < -0.3 is 16.2 Å². The van der Waals surface area contributed by atoms with Crippen LogP contribution in [0.4, 0.5) is 0 Å². The topological polar surface area (TPSA) is 75.3 Å². The van der Waals surface area contributed by atoms with Crippen molar-refractivity contribution in [2.45, 2.75) is 38.6 Å². The smallest absolute Gasteiger partial charge is 0.238 e. The number of hydrogen-bond donors (Lipinski definition) is 3. The SMILES string of the molecule is CCCCCNC(/C=C\CCO)C(N)=O. The Morgan fingerprint density at radius 3 is 2.80 bits per heavy atom. The molecular formula is C11H22N2O2. The van der Waals surface area contributed by atoms with Crippen LogP contribution in [0.1, 0.15) is 32.6 Å². The highest BCUT2D eigenvalue weighted by Crippen LogP contribution is 1.94. The van der Waals surface area contributed by atoms with Crippen molar-refractivity contribution < 1.29 is 9.90 Å². The molecule has 15 heavy (non-hydrogen) atoms. The van der Waals surface area contributed by atoms with Crippen LogP contribution in [0.3, 0.4) is 0 Å². The quantitative estimate of drug-likeness (QED) is 0.388. The molecule has 0 aromatic rings. The van der Waals surface area contributed by atoms with Crippen molar-refractivity contribution in [2.75, 3.05) is 13.2 Å². The van der Waals surface area contributed by atoms with Crippen LogP contribution in [0.5, 0.6) is 0 Å². The van der Waals surface area contributed by atoms with Crippen molar-refractivity contribution in [3.05, 3.63) is 12.2 Å². The van der Waals surface area contributed by atoms with E-state index >= 15 is 0 Å². The van der Waals surface area contributed by atoms with Gasteiger partial charge in [0.25, 0.3) is 0 Å². The lowest BCUT2D eigenvalue weighted by atomic mass is 10.2. The van der Waals surface area contributed by atoms with E-state index in [2.05, 4.69) is 12.2 Å². The Morgan fingerprint density at radius 2 is 2.27 bits per heavy atom. The predicted molar refractivity (Wildman–Crippen MR) is 61.4 cm³/mol. The van der Waals surface area contributed by atoms with E-state index in [4.69, 9.17) is 10.8 Å². The van der Waals surface area contributed by atoms with E-state index in [1.54, 1.807) is 12.2 Å². The second-order valence-corrected chi connectivity index (χ2v) is 3.48. The van der Waals surface area contributed by atoms with Gasteiger partial charge in [0.15, 0.2) is 0 Å². The zero-order chi connectivity index (χ0) is 11.5. The molecule has 0 aliphatic heterocycles. The summed E-state index contributed by atoms with van der Waals surface area (Å²) in [4.78, 5) is 11.0. The maximum atomic E-state index is 11.0. The van der Waals surface area contributed by atoms with Gasteiger partial charge in [-0.3, -0.25) is 4.79 Å². The highest BCUT2D eigenvalue weighted by molar-refractivity contribution is 5.81. The molecule has 4 N–H and O–H groups in total. The molecule has 0 radical (unpaired) electrons. The number of aliphatic hydroxyl groups excluding tert-OH is 1. The fourth-order valence-electron chi connectivity index (χ4n) is 1.20. The fourth-order valence-corrected chi connectivity index (χ4v) is 1.20. The Kier molecular flexibility index (Phi) is 9.11. The summed E-state index contributed by atoms with van der Waals surface area (Å²) in [6.07, 6.45) is 7.39. The predicted octanol–water partition coefficient (Wildman–Crippen LogP) is 0.559. The van der Waals surface area contributed by atoms with Crippen LogP contribution < -0.4 is 11.1 Å². The first-order chi connectivity index (χ1) is 7.22. The molecule has 88 valence electrons. The number of nitrogens with one attached hydrogen (secondary N) is 1. The lowest BCUT2D eigenvalue weighted by molar-refractivity contribution is -0.118. The van der Waals surface area contributed by atoms with E-state index in [0.717, 1.165) is 25.8 Å². The van der Waals surface area contributed by atoms with Crippen LogP contribution in [0.15, 0.2) is 12.2 Å². The number of nitrogens with two attached hydrogens (primary N) is 1. The highest BCUT2D eigenvalue weighted by atomic mass is 16.2.